The van der Waals surface area contributed by atoms with Crippen LogP contribution in [-0.4, -0.2) is 5.78 Å². The van der Waals surface area contributed by atoms with Crippen molar-refractivity contribution >= 4 is 5.78 Å². The molecule has 1 aromatic rings. The predicted octanol–water partition coefficient (Wildman–Crippen LogP) is 3.80. The lowest BCUT2D eigenvalue weighted by atomic mass is 9.82. The van der Waals surface area contributed by atoms with E-state index >= 15 is 0 Å². The van der Waals surface area contributed by atoms with E-state index in [0.29, 0.717) is 23.5 Å². The maximum absolute atomic E-state index is 11.3. The van der Waals surface area contributed by atoms with Gasteiger partial charge in [-0.25, -0.2) is 0 Å². The molecule has 86 valence electrons. The van der Waals surface area contributed by atoms with Crippen molar-refractivity contribution in [3.8, 4) is 0 Å². The SMILES string of the molecule is CC(=O)C[C@@H]1[C@@H](c2ccccc2)CC[C@@H]1C. The summed E-state index contributed by atoms with van der Waals surface area (Å²) in [6, 6.07) is 10.7. The van der Waals surface area contributed by atoms with Crippen LogP contribution < -0.4 is 0 Å². The standard InChI is InChI=1S/C15H20O/c1-11-8-9-14(15(11)10-12(2)16)13-6-4-3-5-7-13/h3-7,11,14-15H,8-10H2,1-2H3/t11-,14+,15-/m0/s1. The first kappa shape index (κ1) is 11.4. The predicted molar refractivity (Wildman–Crippen MR) is 66.4 cm³/mol. The van der Waals surface area contributed by atoms with Gasteiger partial charge in [0, 0.05) is 6.42 Å². The maximum Gasteiger partial charge on any atom is 0.130 e. The maximum atomic E-state index is 11.3. The van der Waals surface area contributed by atoms with Crippen molar-refractivity contribution in [1.29, 1.82) is 0 Å². The fraction of sp³-hybridized carbons (Fsp3) is 0.533. The second kappa shape index (κ2) is 4.82. The topological polar surface area (TPSA) is 17.1 Å². The molecule has 1 aromatic carbocycles. The molecule has 3 atom stereocenters. The Morgan fingerprint density at radius 3 is 2.56 bits per heavy atom. The second-order valence-electron chi connectivity index (χ2n) is 5.14. The van der Waals surface area contributed by atoms with Crippen LogP contribution in [0.4, 0.5) is 0 Å². The average Bonchev–Trinajstić information content (AvgIpc) is 2.61. The number of ketones is 1. The van der Waals surface area contributed by atoms with E-state index in [1.807, 2.05) is 0 Å². The third-order valence-corrected chi connectivity index (χ3v) is 3.93. The molecule has 0 bridgehead atoms. The van der Waals surface area contributed by atoms with Crippen LogP contribution in [0.25, 0.3) is 0 Å². The molecule has 0 aliphatic heterocycles. The van der Waals surface area contributed by atoms with Gasteiger partial charge >= 0.3 is 0 Å². The largest absolute Gasteiger partial charge is 0.300 e. The zero-order valence-corrected chi connectivity index (χ0v) is 10.1. The van der Waals surface area contributed by atoms with Gasteiger partial charge in [-0.2, -0.15) is 0 Å². The normalized spacial score (nSPS) is 29.2. The van der Waals surface area contributed by atoms with Crippen molar-refractivity contribution in [2.45, 2.75) is 39.0 Å². The summed E-state index contributed by atoms with van der Waals surface area (Å²) in [6.45, 7) is 4.00. The highest BCUT2D eigenvalue weighted by Crippen LogP contribution is 2.45. The molecule has 0 aromatic heterocycles. The summed E-state index contributed by atoms with van der Waals surface area (Å²) in [4.78, 5) is 11.3. The summed E-state index contributed by atoms with van der Waals surface area (Å²) in [5.74, 6) is 2.17. The Bertz CT molecular complexity index is 355. The van der Waals surface area contributed by atoms with Gasteiger partial charge in [0.25, 0.3) is 0 Å². The number of carbonyl (C=O) groups is 1. The van der Waals surface area contributed by atoms with E-state index in [0.717, 1.165) is 6.42 Å². The van der Waals surface area contributed by atoms with Crippen molar-refractivity contribution in [2.75, 3.05) is 0 Å². The van der Waals surface area contributed by atoms with E-state index in [1.165, 1.54) is 18.4 Å². The first-order chi connectivity index (χ1) is 7.68. The average molecular weight is 216 g/mol. The number of benzene rings is 1. The van der Waals surface area contributed by atoms with Crippen LogP contribution in [0.15, 0.2) is 30.3 Å². The van der Waals surface area contributed by atoms with Gasteiger partial charge in [0.15, 0.2) is 0 Å². The lowest BCUT2D eigenvalue weighted by Crippen LogP contribution is -2.15. The molecular weight excluding hydrogens is 196 g/mol. The summed E-state index contributed by atoms with van der Waals surface area (Å²) in [5, 5.41) is 0. The summed E-state index contributed by atoms with van der Waals surface area (Å²) in [6.07, 6.45) is 3.25. The molecule has 0 unspecified atom stereocenters. The monoisotopic (exact) mass is 216 g/mol. The molecule has 1 aliphatic rings. The van der Waals surface area contributed by atoms with Gasteiger partial charge in [0.05, 0.1) is 0 Å². The van der Waals surface area contributed by atoms with Crippen LogP contribution >= 0.6 is 0 Å². The molecule has 1 saturated carbocycles. The van der Waals surface area contributed by atoms with E-state index < -0.39 is 0 Å². The zero-order valence-electron chi connectivity index (χ0n) is 10.1. The van der Waals surface area contributed by atoms with E-state index in [9.17, 15) is 4.79 Å². The second-order valence-corrected chi connectivity index (χ2v) is 5.14. The van der Waals surface area contributed by atoms with Gasteiger partial charge in [-0.3, -0.25) is 0 Å². The highest BCUT2D eigenvalue weighted by Gasteiger charge is 2.34. The zero-order chi connectivity index (χ0) is 11.5. The molecule has 0 heterocycles. The molecule has 0 amide bonds. The lowest BCUT2D eigenvalue weighted by molar-refractivity contribution is -0.118. The minimum atomic E-state index is 0.333. The van der Waals surface area contributed by atoms with E-state index in [4.69, 9.17) is 0 Å². The van der Waals surface area contributed by atoms with E-state index in [2.05, 4.69) is 37.3 Å². The van der Waals surface area contributed by atoms with Gasteiger partial charge in [-0.05, 0) is 43.1 Å². The highest BCUT2D eigenvalue weighted by molar-refractivity contribution is 5.75. The van der Waals surface area contributed by atoms with Crippen molar-refractivity contribution in [2.24, 2.45) is 11.8 Å². The minimum Gasteiger partial charge on any atom is -0.300 e. The number of rotatable bonds is 3. The summed E-state index contributed by atoms with van der Waals surface area (Å²) in [5.41, 5.74) is 1.41. The van der Waals surface area contributed by atoms with E-state index in [-0.39, 0.29) is 0 Å². The van der Waals surface area contributed by atoms with Gasteiger partial charge in [0.1, 0.15) is 5.78 Å². The van der Waals surface area contributed by atoms with Crippen LogP contribution in [0.3, 0.4) is 0 Å². The number of hydrogen-bond donors (Lipinski definition) is 0. The van der Waals surface area contributed by atoms with Crippen LogP contribution in [-0.2, 0) is 4.79 Å². The number of Topliss-reactive ketones (excluding diaryl/α,β-unsaturated/α-hetero) is 1. The third kappa shape index (κ3) is 2.34. The third-order valence-electron chi connectivity index (χ3n) is 3.93. The lowest BCUT2D eigenvalue weighted by Gasteiger charge is -2.22. The Morgan fingerprint density at radius 2 is 1.94 bits per heavy atom. The van der Waals surface area contributed by atoms with Crippen molar-refractivity contribution < 1.29 is 4.79 Å². The van der Waals surface area contributed by atoms with Crippen LogP contribution in [0.2, 0.25) is 0 Å². The Kier molecular flexibility index (Phi) is 3.42. The van der Waals surface area contributed by atoms with Gasteiger partial charge in [-0.1, -0.05) is 37.3 Å². The molecule has 1 aliphatic carbocycles. The Labute approximate surface area is 97.9 Å². The van der Waals surface area contributed by atoms with Gasteiger partial charge in [0.2, 0.25) is 0 Å². The quantitative estimate of drug-likeness (QED) is 0.751. The smallest absolute Gasteiger partial charge is 0.130 e. The Balaban J connectivity index is 2.17. The number of hydrogen-bond acceptors (Lipinski definition) is 1. The van der Waals surface area contributed by atoms with Crippen LogP contribution in [0.5, 0.6) is 0 Å². The molecule has 0 spiro atoms. The molecule has 2 rings (SSSR count). The van der Waals surface area contributed by atoms with E-state index in [1.54, 1.807) is 6.92 Å². The van der Waals surface area contributed by atoms with Crippen molar-refractivity contribution in [1.82, 2.24) is 0 Å². The molecular formula is C15H20O. The number of carbonyl (C=O) groups excluding carboxylic acids is 1. The first-order valence-corrected chi connectivity index (χ1v) is 6.23. The minimum absolute atomic E-state index is 0.333. The fourth-order valence-corrected chi connectivity index (χ4v) is 3.06. The highest BCUT2D eigenvalue weighted by atomic mass is 16.1. The molecule has 16 heavy (non-hydrogen) atoms. The summed E-state index contributed by atoms with van der Waals surface area (Å²) >= 11 is 0. The molecule has 1 heteroatoms. The summed E-state index contributed by atoms with van der Waals surface area (Å²) in [7, 11) is 0. The molecule has 1 nitrogen and oxygen atoms in total. The van der Waals surface area contributed by atoms with Crippen molar-refractivity contribution in [3.63, 3.8) is 0 Å². The summed E-state index contributed by atoms with van der Waals surface area (Å²) < 4.78 is 0. The van der Waals surface area contributed by atoms with Crippen LogP contribution in [0.1, 0.15) is 44.6 Å². The van der Waals surface area contributed by atoms with Gasteiger partial charge < -0.3 is 4.79 Å². The molecule has 0 N–H and O–H groups in total. The molecule has 0 saturated heterocycles. The molecule has 1 fully saturated rings. The fourth-order valence-electron chi connectivity index (χ4n) is 3.06. The van der Waals surface area contributed by atoms with Crippen LogP contribution in [0, 0.1) is 11.8 Å². The van der Waals surface area contributed by atoms with Gasteiger partial charge in [-0.15, -0.1) is 0 Å². The first-order valence-electron chi connectivity index (χ1n) is 6.23. The molecule has 0 radical (unpaired) electrons. The Morgan fingerprint density at radius 1 is 1.25 bits per heavy atom. The Hall–Kier alpha value is -1.11. The van der Waals surface area contributed by atoms with Crippen molar-refractivity contribution in [3.05, 3.63) is 35.9 Å².